The summed E-state index contributed by atoms with van der Waals surface area (Å²) in [5.41, 5.74) is 0.902. The Balaban J connectivity index is 1.67. The summed E-state index contributed by atoms with van der Waals surface area (Å²) in [6.45, 7) is 1.42. The Labute approximate surface area is 147 Å². The fraction of sp³-hybridized carbons (Fsp3) is 0.118. The number of ether oxygens (including phenoxy) is 1. The molecule has 0 fully saturated rings. The van der Waals surface area contributed by atoms with Crippen molar-refractivity contribution in [1.29, 1.82) is 0 Å². The minimum atomic E-state index is -1.08. The molecule has 1 aromatic carbocycles. The Morgan fingerprint density at radius 3 is 2.84 bits per heavy atom. The number of nitrogens with zero attached hydrogens (tertiary/aromatic N) is 2. The molecule has 25 heavy (non-hydrogen) atoms. The van der Waals surface area contributed by atoms with E-state index in [9.17, 15) is 14.0 Å². The number of pyridine rings is 1. The van der Waals surface area contributed by atoms with E-state index in [0.717, 1.165) is 12.1 Å². The summed E-state index contributed by atoms with van der Waals surface area (Å²) in [6.07, 6.45) is 2.17. The lowest BCUT2D eigenvalue weighted by molar-refractivity contribution is -0.123. The largest absolute Gasteiger partial charge is 0.448 e. The zero-order valence-electron chi connectivity index (χ0n) is 13.1. The maximum atomic E-state index is 13.0. The first-order chi connectivity index (χ1) is 11.9. The zero-order valence-corrected chi connectivity index (χ0v) is 13.8. The Hall–Kier alpha value is -2.93. The van der Waals surface area contributed by atoms with Gasteiger partial charge in [0.2, 0.25) is 0 Å². The van der Waals surface area contributed by atoms with Crippen molar-refractivity contribution in [3.63, 3.8) is 0 Å². The summed E-state index contributed by atoms with van der Waals surface area (Å²) in [5, 5.41) is 2.53. The van der Waals surface area contributed by atoms with Crippen molar-refractivity contribution in [2.75, 3.05) is 5.32 Å². The van der Waals surface area contributed by atoms with Gasteiger partial charge in [0, 0.05) is 12.4 Å². The summed E-state index contributed by atoms with van der Waals surface area (Å²) in [7, 11) is 0. The van der Waals surface area contributed by atoms with Crippen LogP contribution in [0.5, 0.6) is 0 Å². The van der Waals surface area contributed by atoms with E-state index < -0.39 is 23.8 Å². The minimum absolute atomic E-state index is 0.0484. The van der Waals surface area contributed by atoms with Gasteiger partial charge in [-0.15, -0.1) is 0 Å². The molecule has 0 unspecified atom stereocenters. The van der Waals surface area contributed by atoms with Crippen molar-refractivity contribution in [2.45, 2.75) is 13.0 Å². The fourth-order valence-electron chi connectivity index (χ4n) is 2.13. The van der Waals surface area contributed by atoms with Crippen LogP contribution in [0, 0.1) is 5.82 Å². The number of hydrogen-bond donors (Lipinski definition) is 1. The zero-order chi connectivity index (χ0) is 18.0. The second-order valence-electron chi connectivity index (χ2n) is 5.25. The van der Waals surface area contributed by atoms with E-state index in [1.54, 1.807) is 28.8 Å². The van der Waals surface area contributed by atoms with Crippen LogP contribution in [0.25, 0.3) is 5.65 Å². The van der Waals surface area contributed by atoms with Gasteiger partial charge in [0.15, 0.2) is 11.8 Å². The fourth-order valence-corrected chi connectivity index (χ4v) is 2.35. The molecule has 0 saturated heterocycles. The highest BCUT2D eigenvalue weighted by atomic mass is 35.5. The van der Waals surface area contributed by atoms with Gasteiger partial charge in [0.05, 0.1) is 10.7 Å². The van der Waals surface area contributed by atoms with Crippen LogP contribution in [0.2, 0.25) is 5.02 Å². The molecule has 0 bridgehead atoms. The van der Waals surface area contributed by atoms with E-state index in [-0.39, 0.29) is 16.4 Å². The van der Waals surface area contributed by atoms with Crippen LogP contribution in [0.1, 0.15) is 17.4 Å². The normalized spacial score (nSPS) is 12.0. The lowest BCUT2D eigenvalue weighted by Gasteiger charge is -2.13. The molecule has 0 aliphatic carbocycles. The second kappa shape index (κ2) is 6.90. The standard InChI is InChI=1S/C17H13ClFN3O3/c1-10(16(23)21-13-6-5-11(19)8-12(13)18)25-17(24)14-9-22-7-3-2-4-15(22)20-14/h2-10H,1H3,(H,21,23)/t10-/m0/s1. The molecule has 128 valence electrons. The molecule has 6 nitrogen and oxygen atoms in total. The number of benzene rings is 1. The molecular formula is C17H13ClFN3O3. The number of esters is 1. The van der Waals surface area contributed by atoms with Crippen molar-refractivity contribution in [3.05, 3.63) is 65.3 Å². The summed E-state index contributed by atoms with van der Waals surface area (Å²) in [6, 6.07) is 8.89. The first-order valence-corrected chi connectivity index (χ1v) is 7.72. The molecule has 0 radical (unpaired) electrons. The number of amides is 1. The molecule has 3 aromatic rings. The molecule has 8 heteroatoms. The summed E-state index contributed by atoms with van der Waals surface area (Å²) in [5.74, 6) is -1.84. The maximum Gasteiger partial charge on any atom is 0.359 e. The average Bonchev–Trinajstić information content (AvgIpc) is 3.01. The van der Waals surface area contributed by atoms with Gasteiger partial charge in [-0.05, 0) is 37.3 Å². The van der Waals surface area contributed by atoms with Crippen LogP contribution in [0.4, 0.5) is 10.1 Å². The topological polar surface area (TPSA) is 72.7 Å². The van der Waals surface area contributed by atoms with Crippen LogP contribution in [-0.4, -0.2) is 27.4 Å². The highest BCUT2D eigenvalue weighted by molar-refractivity contribution is 6.33. The molecular weight excluding hydrogens is 349 g/mol. The van der Waals surface area contributed by atoms with Gasteiger partial charge in [-0.25, -0.2) is 14.2 Å². The Morgan fingerprint density at radius 1 is 1.32 bits per heavy atom. The highest BCUT2D eigenvalue weighted by Gasteiger charge is 2.21. The maximum absolute atomic E-state index is 13.0. The monoisotopic (exact) mass is 361 g/mol. The van der Waals surface area contributed by atoms with E-state index in [2.05, 4.69) is 10.3 Å². The number of hydrogen-bond acceptors (Lipinski definition) is 4. The number of imidazole rings is 1. The number of carbonyl (C=O) groups is 2. The minimum Gasteiger partial charge on any atom is -0.448 e. The van der Waals surface area contributed by atoms with Crippen molar-refractivity contribution in [1.82, 2.24) is 9.38 Å². The summed E-state index contributed by atoms with van der Waals surface area (Å²) < 4.78 is 19.8. The van der Waals surface area contributed by atoms with E-state index in [1.807, 2.05) is 0 Å². The summed E-state index contributed by atoms with van der Waals surface area (Å²) >= 11 is 5.85. The van der Waals surface area contributed by atoms with Crippen LogP contribution in [0.3, 0.4) is 0 Å². The van der Waals surface area contributed by atoms with Crippen LogP contribution < -0.4 is 5.32 Å². The van der Waals surface area contributed by atoms with Gasteiger partial charge in [-0.2, -0.15) is 0 Å². The molecule has 0 aliphatic heterocycles. The van der Waals surface area contributed by atoms with Gasteiger partial charge in [0.1, 0.15) is 11.5 Å². The molecule has 0 aliphatic rings. The van der Waals surface area contributed by atoms with Gasteiger partial charge in [-0.1, -0.05) is 17.7 Å². The molecule has 3 rings (SSSR count). The van der Waals surface area contributed by atoms with Crippen LogP contribution in [0.15, 0.2) is 48.8 Å². The molecule has 2 heterocycles. The van der Waals surface area contributed by atoms with Crippen molar-refractivity contribution in [3.8, 4) is 0 Å². The lowest BCUT2D eigenvalue weighted by atomic mass is 10.3. The van der Waals surface area contributed by atoms with Crippen LogP contribution in [-0.2, 0) is 9.53 Å². The predicted molar refractivity (Wildman–Crippen MR) is 90.1 cm³/mol. The third-order valence-electron chi connectivity index (χ3n) is 3.42. The van der Waals surface area contributed by atoms with E-state index in [4.69, 9.17) is 16.3 Å². The first-order valence-electron chi connectivity index (χ1n) is 7.34. The number of rotatable bonds is 4. The Morgan fingerprint density at radius 2 is 2.12 bits per heavy atom. The number of halogens is 2. The number of nitrogens with one attached hydrogen (secondary N) is 1. The predicted octanol–water partition coefficient (Wildman–Crippen LogP) is 3.31. The molecule has 0 saturated carbocycles. The van der Waals surface area contributed by atoms with Gasteiger partial charge in [-0.3, -0.25) is 4.79 Å². The third kappa shape index (κ3) is 3.77. The van der Waals surface area contributed by atoms with Crippen LogP contribution >= 0.6 is 11.6 Å². The SMILES string of the molecule is C[C@H](OC(=O)c1cn2ccccc2n1)C(=O)Nc1ccc(F)cc1Cl. The molecule has 1 amide bonds. The van der Waals surface area contributed by atoms with E-state index in [1.165, 1.54) is 19.2 Å². The molecule has 0 spiro atoms. The Kier molecular flexibility index (Phi) is 4.67. The quantitative estimate of drug-likeness (QED) is 0.723. The van der Waals surface area contributed by atoms with Gasteiger partial charge < -0.3 is 14.5 Å². The third-order valence-corrected chi connectivity index (χ3v) is 3.73. The number of carbonyl (C=O) groups excluding carboxylic acids is 2. The van der Waals surface area contributed by atoms with E-state index >= 15 is 0 Å². The second-order valence-corrected chi connectivity index (χ2v) is 5.66. The van der Waals surface area contributed by atoms with Crippen molar-refractivity contribution in [2.24, 2.45) is 0 Å². The molecule has 1 atom stereocenters. The van der Waals surface area contributed by atoms with Gasteiger partial charge >= 0.3 is 5.97 Å². The van der Waals surface area contributed by atoms with Crippen molar-refractivity contribution < 1.29 is 18.7 Å². The molecule has 1 N–H and O–H groups in total. The number of anilines is 1. The molecule has 2 aromatic heterocycles. The summed E-state index contributed by atoms with van der Waals surface area (Å²) in [4.78, 5) is 28.4. The first kappa shape index (κ1) is 16.9. The lowest BCUT2D eigenvalue weighted by Crippen LogP contribution is -2.30. The van der Waals surface area contributed by atoms with Crippen molar-refractivity contribution >= 4 is 34.8 Å². The average molecular weight is 362 g/mol. The number of aromatic nitrogens is 2. The van der Waals surface area contributed by atoms with Gasteiger partial charge in [0.25, 0.3) is 5.91 Å². The smallest absolute Gasteiger partial charge is 0.359 e. The van der Waals surface area contributed by atoms with E-state index in [0.29, 0.717) is 5.65 Å². The Bertz CT molecular complexity index is 924. The highest BCUT2D eigenvalue weighted by Crippen LogP contribution is 2.22. The number of fused-ring (bicyclic) bond motifs is 1.